The predicted octanol–water partition coefficient (Wildman–Crippen LogP) is 2.64. The number of nitrogens with one attached hydrogen (secondary N) is 1. The number of likely N-dealkylation sites (tertiary alicyclic amines) is 1. The van der Waals surface area contributed by atoms with Crippen LogP contribution in [0.25, 0.3) is 0 Å². The molecule has 2 N–H and O–H groups in total. The second kappa shape index (κ2) is 7.01. The number of hydrogen-bond donors (Lipinski definition) is 2. The molecule has 1 heterocycles. The van der Waals surface area contributed by atoms with Crippen molar-refractivity contribution in [2.75, 3.05) is 25.0 Å². The van der Waals surface area contributed by atoms with Gasteiger partial charge in [0.15, 0.2) is 0 Å². The fourth-order valence-corrected chi connectivity index (χ4v) is 2.38. The molecule has 0 atom stereocenters. The minimum atomic E-state index is -0.448. The summed E-state index contributed by atoms with van der Waals surface area (Å²) in [4.78, 5) is 13.6. The molecule has 0 saturated carbocycles. The molecule has 2 rings (SSSR count). The predicted molar refractivity (Wildman–Crippen MR) is 87.1 cm³/mol. The maximum absolute atomic E-state index is 11.9. The number of benzene rings is 1. The quantitative estimate of drug-likeness (QED) is 0.878. The smallest absolute Gasteiger partial charge is 0.410 e. The van der Waals surface area contributed by atoms with Crippen LogP contribution in [0.15, 0.2) is 24.3 Å². The van der Waals surface area contributed by atoms with E-state index >= 15 is 0 Å². The zero-order valence-electron chi connectivity index (χ0n) is 13.6. The van der Waals surface area contributed by atoms with E-state index in [4.69, 9.17) is 9.84 Å². The molecule has 1 aliphatic rings. The van der Waals surface area contributed by atoms with Gasteiger partial charge in [0.05, 0.1) is 6.04 Å². The fourth-order valence-electron chi connectivity index (χ4n) is 2.38. The van der Waals surface area contributed by atoms with Crippen LogP contribution in [-0.2, 0) is 11.2 Å². The van der Waals surface area contributed by atoms with Crippen LogP contribution in [0.1, 0.15) is 32.8 Å². The molecule has 1 saturated heterocycles. The molecule has 5 nitrogen and oxygen atoms in total. The van der Waals surface area contributed by atoms with Crippen molar-refractivity contribution in [3.8, 4) is 0 Å². The van der Waals surface area contributed by atoms with Crippen molar-refractivity contribution in [2.45, 2.75) is 45.3 Å². The summed E-state index contributed by atoms with van der Waals surface area (Å²) >= 11 is 0. The highest BCUT2D eigenvalue weighted by atomic mass is 16.6. The number of ether oxygens (including phenoxy) is 1. The number of anilines is 1. The molecule has 122 valence electrons. The van der Waals surface area contributed by atoms with Crippen molar-refractivity contribution in [1.29, 1.82) is 0 Å². The first-order valence-electron chi connectivity index (χ1n) is 7.81. The van der Waals surface area contributed by atoms with E-state index in [0.717, 1.165) is 18.5 Å². The molecule has 1 amide bonds. The highest BCUT2D eigenvalue weighted by molar-refractivity contribution is 5.69. The Morgan fingerprint density at radius 1 is 1.41 bits per heavy atom. The highest BCUT2D eigenvalue weighted by Gasteiger charge is 2.33. The van der Waals surface area contributed by atoms with Crippen molar-refractivity contribution in [3.63, 3.8) is 0 Å². The summed E-state index contributed by atoms with van der Waals surface area (Å²) in [6.07, 6.45) is 1.40. The molecular formula is C17H26N2O3. The van der Waals surface area contributed by atoms with E-state index in [-0.39, 0.29) is 18.7 Å². The van der Waals surface area contributed by atoms with Gasteiger partial charge in [-0.15, -0.1) is 0 Å². The number of carbonyl (C=O) groups is 1. The molecular weight excluding hydrogens is 280 g/mol. The summed E-state index contributed by atoms with van der Waals surface area (Å²) in [5.41, 5.74) is 1.82. The lowest BCUT2D eigenvalue weighted by atomic mass is 10.1. The van der Waals surface area contributed by atoms with Gasteiger partial charge in [0.25, 0.3) is 0 Å². The lowest BCUT2D eigenvalue weighted by Crippen LogP contribution is -2.57. The molecule has 1 aliphatic heterocycles. The van der Waals surface area contributed by atoms with Crippen LogP contribution >= 0.6 is 0 Å². The molecule has 0 aromatic heterocycles. The number of hydrogen-bond acceptors (Lipinski definition) is 4. The number of aliphatic hydroxyl groups excluding tert-OH is 1. The number of aryl methyl sites for hydroxylation is 1. The van der Waals surface area contributed by atoms with Crippen LogP contribution in [0.4, 0.5) is 10.5 Å². The van der Waals surface area contributed by atoms with Crippen LogP contribution in [0.5, 0.6) is 0 Å². The molecule has 1 fully saturated rings. The van der Waals surface area contributed by atoms with Crippen molar-refractivity contribution >= 4 is 11.8 Å². The van der Waals surface area contributed by atoms with Gasteiger partial charge in [0.2, 0.25) is 0 Å². The van der Waals surface area contributed by atoms with Gasteiger partial charge < -0.3 is 20.1 Å². The maximum atomic E-state index is 11.9. The number of aliphatic hydroxyl groups is 1. The summed E-state index contributed by atoms with van der Waals surface area (Å²) in [5, 5.41) is 12.3. The van der Waals surface area contributed by atoms with E-state index in [1.807, 2.05) is 32.9 Å². The Morgan fingerprint density at radius 3 is 2.77 bits per heavy atom. The summed E-state index contributed by atoms with van der Waals surface area (Å²) in [6.45, 7) is 7.16. The van der Waals surface area contributed by atoms with E-state index in [1.165, 1.54) is 5.56 Å². The Morgan fingerprint density at radius 2 is 2.14 bits per heavy atom. The van der Waals surface area contributed by atoms with Crippen molar-refractivity contribution in [1.82, 2.24) is 4.90 Å². The Labute approximate surface area is 132 Å². The fraction of sp³-hybridized carbons (Fsp3) is 0.588. The van der Waals surface area contributed by atoms with E-state index in [2.05, 4.69) is 17.4 Å². The zero-order valence-corrected chi connectivity index (χ0v) is 13.6. The monoisotopic (exact) mass is 306 g/mol. The molecule has 22 heavy (non-hydrogen) atoms. The second-order valence-corrected chi connectivity index (χ2v) is 6.75. The van der Waals surface area contributed by atoms with Gasteiger partial charge in [-0.25, -0.2) is 4.79 Å². The number of rotatable bonds is 5. The molecule has 5 heteroatoms. The SMILES string of the molecule is CC(C)(C)OC(=O)N1CC(Nc2cccc(CCCO)c2)C1. The van der Waals surface area contributed by atoms with E-state index in [9.17, 15) is 4.79 Å². The molecule has 0 spiro atoms. The van der Waals surface area contributed by atoms with Crippen molar-refractivity contribution < 1.29 is 14.6 Å². The van der Waals surface area contributed by atoms with Gasteiger partial charge in [-0.3, -0.25) is 0 Å². The largest absolute Gasteiger partial charge is 0.444 e. The Kier molecular flexibility index (Phi) is 5.29. The molecule has 0 unspecified atom stereocenters. The topological polar surface area (TPSA) is 61.8 Å². The minimum absolute atomic E-state index is 0.213. The molecule has 0 radical (unpaired) electrons. The standard InChI is InChI=1S/C17H26N2O3/c1-17(2,3)22-16(21)19-11-15(12-19)18-14-8-4-6-13(10-14)7-5-9-20/h4,6,8,10,15,18,20H,5,7,9,11-12H2,1-3H3. The van der Waals surface area contributed by atoms with Gasteiger partial charge >= 0.3 is 6.09 Å². The first-order valence-corrected chi connectivity index (χ1v) is 7.81. The average molecular weight is 306 g/mol. The Bertz CT molecular complexity index is 505. The van der Waals surface area contributed by atoms with Crippen LogP contribution in [0, 0.1) is 0 Å². The van der Waals surface area contributed by atoms with Crippen LogP contribution in [-0.4, -0.2) is 47.4 Å². The highest BCUT2D eigenvalue weighted by Crippen LogP contribution is 2.19. The third kappa shape index (κ3) is 4.91. The first-order chi connectivity index (χ1) is 10.4. The Balaban J connectivity index is 1.79. The number of carbonyl (C=O) groups excluding carboxylic acids is 1. The van der Waals surface area contributed by atoms with Gasteiger partial charge in [-0.05, 0) is 51.3 Å². The molecule has 0 bridgehead atoms. The summed E-state index contributed by atoms with van der Waals surface area (Å²) in [6, 6.07) is 8.47. The lowest BCUT2D eigenvalue weighted by molar-refractivity contribution is 0.0105. The van der Waals surface area contributed by atoms with Gasteiger partial charge in [-0.2, -0.15) is 0 Å². The van der Waals surface area contributed by atoms with Crippen LogP contribution < -0.4 is 5.32 Å². The van der Waals surface area contributed by atoms with E-state index in [1.54, 1.807) is 4.90 Å². The van der Waals surface area contributed by atoms with Crippen LogP contribution in [0.2, 0.25) is 0 Å². The van der Waals surface area contributed by atoms with Gasteiger partial charge in [0.1, 0.15) is 5.60 Å². The van der Waals surface area contributed by atoms with E-state index in [0.29, 0.717) is 13.1 Å². The molecule has 1 aromatic carbocycles. The first kappa shape index (κ1) is 16.6. The molecule has 0 aliphatic carbocycles. The normalized spacial score (nSPS) is 15.4. The molecule has 1 aromatic rings. The number of amides is 1. The van der Waals surface area contributed by atoms with E-state index < -0.39 is 5.60 Å². The van der Waals surface area contributed by atoms with Crippen molar-refractivity contribution in [3.05, 3.63) is 29.8 Å². The third-order valence-corrected chi connectivity index (χ3v) is 3.45. The van der Waals surface area contributed by atoms with Crippen molar-refractivity contribution in [2.24, 2.45) is 0 Å². The zero-order chi connectivity index (χ0) is 16.2. The van der Waals surface area contributed by atoms with Gasteiger partial charge in [-0.1, -0.05) is 12.1 Å². The minimum Gasteiger partial charge on any atom is -0.444 e. The second-order valence-electron chi connectivity index (χ2n) is 6.75. The third-order valence-electron chi connectivity index (χ3n) is 3.45. The Hall–Kier alpha value is -1.75. The lowest BCUT2D eigenvalue weighted by Gasteiger charge is -2.40. The average Bonchev–Trinajstić information content (AvgIpc) is 2.38. The summed E-state index contributed by atoms with van der Waals surface area (Å²) < 4.78 is 5.34. The summed E-state index contributed by atoms with van der Waals surface area (Å²) in [5.74, 6) is 0. The van der Waals surface area contributed by atoms with Crippen LogP contribution in [0.3, 0.4) is 0 Å². The number of nitrogens with zero attached hydrogens (tertiary/aromatic N) is 1. The van der Waals surface area contributed by atoms with Gasteiger partial charge in [0, 0.05) is 25.4 Å². The summed E-state index contributed by atoms with van der Waals surface area (Å²) in [7, 11) is 0. The maximum Gasteiger partial charge on any atom is 0.410 e.